The molecule has 0 aliphatic heterocycles. The number of anilines is 1. The van der Waals surface area contributed by atoms with Crippen LogP contribution < -0.4 is 15.8 Å². The summed E-state index contributed by atoms with van der Waals surface area (Å²) in [6, 6.07) is 5.51. The number of nitrogens with one attached hydrogen (secondary N) is 2. The Balaban J connectivity index is 1.78. The molecule has 0 bridgehead atoms. The summed E-state index contributed by atoms with van der Waals surface area (Å²) in [4.78, 5) is 17.6. The van der Waals surface area contributed by atoms with Crippen molar-refractivity contribution in [2.24, 2.45) is 5.73 Å². The van der Waals surface area contributed by atoms with Crippen molar-refractivity contribution in [1.29, 1.82) is 0 Å². The Morgan fingerprint density at radius 1 is 1.29 bits per heavy atom. The average Bonchev–Trinajstić information content (AvgIpc) is 3.26. The first-order chi connectivity index (χ1) is 13.4. The van der Waals surface area contributed by atoms with Crippen molar-refractivity contribution in [3.8, 4) is 0 Å². The smallest absolute Gasteiger partial charge is 0.244 e. The molecular formula is C17H22N6O3S2. The molecule has 2 aromatic heterocycles. The number of nitrogens with zero attached hydrogens (tertiary/aromatic N) is 3. The molecule has 1 aromatic carbocycles. The first-order valence-corrected chi connectivity index (χ1v) is 11.0. The van der Waals surface area contributed by atoms with Crippen LogP contribution in [0.15, 0.2) is 41.6 Å². The third-order valence-corrected chi connectivity index (χ3v) is 6.39. The van der Waals surface area contributed by atoms with E-state index in [1.54, 1.807) is 28.9 Å². The molecule has 1 amide bonds. The largest absolute Gasteiger partial charge is 0.330 e. The van der Waals surface area contributed by atoms with Crippen molar-refractivity contribution in [2.45, 2.75) is 37.1 Å². The zero-order valence-corrected chi connectivity index (χ0v) is 17.0. The van der Waals surface area contributed by atoms with Crippen molar-refractivity contribution in [3.63, 3.8) is 0 Å². The van der Waals surface area contributed by atoms with Gasteiger partial charge in [0.2, 0.25) is 26.8 Å². The summed E-state index contributed by atoms with van der Waals surface area (Å²) in [5.41, 5.74) is 6.47. The fourth-order valence-electron chi connectivity index (χ4n) is 2.64. The molecule has 9 nitrogen and oxygen atoms in total. The van der Waals surface area contributed by atoms with Gasteiger partial charge < -0.3 is 5.73 Å². The Labute approximate surface area is 167 Å². The minimum absolute atomic E-state index is 0.111. The predicted molar refractivity (Wildman–Crippen MR) is 108 cm³/mol. The number of rotatable bonds is 9. The zero-order chi connectivity index (χ0) is 20.1. The molecule has 0 saturated heterocycles. The maximum atomic E-state index is 12.8. The van der Waals surface area contributed by atoms with E-state index in [0.29, 0.717) is 36.7 Å². The first-order valence-electron chi connectivity index (χ1n) is 8.79. The standard InChI is InChI=1S/C17H22N6O3S2/c1-12-5-7-13(8-6-12)28(25,26)22-14(4-2-3-9-18)15(24)20-16-21-27-17-19-10-11-23(16)17/h5-8,10-11,14,22H,2-4,9,18H2,1H3,(H,20,21,24)/t14-/m0/s1. The van der Waals surface area contributed by atoms with E-state index in [1.165, 1.54) is 12.1 Å². The molecule has 0 radical (unpaired) electrons. The summed E-state index contributed by atoms with van der Waals surface area (Å²) < 4.78 is 33.7. The van der Waals surface area contributed by atoms with Gasteiger partial charge in [-0.15, -0.1) is 0 Å². The van der Waals surface area contributed by atoms with E-state index < -0.39 is 22.0 Å². The van der Waals surface area contributed by atoms with E-state index in [1.807, 2.05) is 6.92 Å². The van der Waals surface area contributed by atoms with Gasteiger partial charge in [0.05, 0.1) is 4.90 Å². The fraction of sp³-hybridized carbons (Fsp3) is 0.353. The van der Waals surface area contributed by atoms with Crippen LogP contribution in [0.1, 0.15) is 24.8 Å². The van der Waals surface area contributed by atoms with Crippen molar-refractivity contribution >= 4 is 38.4 Å². The molecule has 0 aliphatic rings. The fourth-order valence-corrected chi connectivity index (χ4v) is 4.51. The van der Waals surface area contributed by atoms with E-state index in [4.69, 9.17) is 5.73 Å². The number of hydrogen-bond acceptors (Lipinski definition) is 7. The highest BCUT2D eigenvalue weighted by atomic mass is 32.2. The highest BCUT2D eigenvalue weighted by Gasteiger charge is 2.26. The van der Waals surface area contributed by atoms with Crippen molar-refractivity contribution in [2.75, 3.05) is 11.9 Å². The Hall–Kier alpha value is -2.34. The Morgan fingerprint density at radius 3 is 2.75 bits per heavy atom. The van der Waals surface area contributed by atoms with Gasteiger partial charge in [-0.25, -0.2) is 13.4 Å². The molecule has 0 fully saturated rings. The van der Waals surface area contributed by atoms with Gasteiger partial charge >= 0.3 is 0 Å². The summed E-state index contributed by atoms with van der Waals surface area (Å²) in [5, 5.41) is 2.69. The molecule has 0 saturated carbocycles. The number of carbonyl (C=O) groups is 1. The number of sulfonamides is 1. The van der Waals surface area contributed by atoms with Crippen LogP contribution in [0.2, 0.25) is 0 Å². The number of nitrogens with two attached hydrogens (primary N) is 1. The van der Waals surface area contributed by atoms with E-state index in [-0.39, 0.29) is 4.90 Å². The van der Waals surface area contributed by atoms with Crippen LogP contribution in [0.5, 0.6) is 0 Å². The van der Waals surface area contributed by atoms with E-state index in [9.17, 15) is 13.2 Å². The minimum Gasteiger partial charge on any atom is -0.330 e. The topological polar surface area (TPSA) is 131 Å². The van der Waals surface area contributed by atoms with Crippen molar-refractivity contribution in [3.05, 3.63) is 42.2 Å². The molecule has 150 valence electrons. The number of imidazole rings is 1. The molecule has 0 aliphatic carbocycles. The molecular weight excluding hydrogens is 400 g/mol. The van der Waals surface area contributed by atoms with Crippen molar-refractivity contribution < 1.29 is 13.2 Å². The molecule has 1 atom stereocenters. The summed E-state index contributed by atoms with van der Waals surface area (Å²) >= 11 is 1.14. The van der Waals surface area contributed by atoms with E-state index >= 15 is 0 Å². The maximum Gasteiger partial charge on any atom is 0.244 e. The number of carbonyl (C=O) groups excluding carboxylic acids is 1. The summed E-state index contributed by atoms with van der Waals surface area (Å²) in [7, 11) is -3.85. The third-order valence-electron chi connectivity index (χ3n) is 4.18. The number of unbranched alkanes of at least 4 members (excludes halogenated alkanes) is 1. The lowest BCUT2D eigenvalue weighted by molar-refractivity contribution is -0.118. The normalized spacial score (nSPS) is 12.9. The van der Waals surface area contributed by atoms with Crippen LogP contribution in [0.25, 0.3) is 4.96 Å². The number of hydrogen-bond donors (Lipinski definition) is 3. The number of benzene rings is 1. The van der Waals surface area contributed by atoms with Crippen LogP contribution in [0.3, 0.4) is 0 Å². The number of aromatic nitrogens is 3. The second-order valence-electron chi connectivity index (χ2n) is 6.35. The molecule has 3 aromatic rings. The van der Waals surface area contributed by atoms with Crippen LogP contribution in [-0.2, 0) is 14.8 Å². The van der Waals surface area contributed by atoms with Gasteiger partial charge in [0.15, 0.2) is 0 Å². The van der Waals surface area contributed by atoms with Gasteiger partial charge in [-0.3, -0.25) is 14.5 Å². The third kappa shape index (κ3) is 4.73. The second kappa shape index (κ2) is 8.78. The van der Waals surface area contributed by atoms with Crippen LogP contribution in [0.4, 0.5) is 5.95 Å². The maximum absolute atomic E-state index is 12.8. The Morgan fingerprint density at radius 2 is 2.04 bits per heavy atom. The van der Waals surface area contributed by atoms with Crippen molar-refractivity contribution in [1.82, 2.24) is 18.5 Å². The lowest BCUT2D eigenvalue weighted by Gasteiger charge is -2.18. The summed E-state index contributed by atoms with van der Waals surface area (Å²) in [6.07, 6.45) is 4.91. The van der Waals surface area contributed by atoms with Gasteiger partial charge in [0.1, 0.15) is 6.04 Å². The molecule has 4 N–H and O–H groups in total. The van der Waals surface area contributed by atoms with Gasteiger partial charge in [-0.05, 0) is 38.4 Å². The number of fused-ring (bicyclic) bond motifs is 1. The predicted octanol–water partition coefficient (Wildman–Crippen LogP) is 1.51. The van der Waals surface area contributed by atoms with Crippen LogP contribution >= 0.6 is 11.5 Å². The molecule has 0 spiro atoms. The SMILES string of the molecule is Cc1ccc(S(=O)(=O)N[C@@H](CCCCN)C(=O)Nc2nsc3nccn23)cc1. The van der Waals surface area contributed by atoms with E-state index in [2.05, 4.69) is 19.4 Å². The first kappa shape index (κ1) is 20.4. The van der Waals surface area contributed by atoms with Gasteiger partial charge in [-0.1, -0.05) is 24.1 Å². The molecule has 0 unspecified atom stereocenters. The number of aryl methyl sites for hydroxylation is 1. The monoisotopic (exact) mass is 422 g/mol. The Bertz CT molecular complexity index is 1040. The summed E-state index contributed by atoms with van der Waals surface area (Å²) in [5.74, 6) is -0.172. The molecule has 3 rings (SSSR count). The second-order valence-corrected chi connectivity index (χ2v) is 8.79. The van der Waals surface area contributed by atoms with Crippen LogP contribution in [0, 0.1) is 6.92 Å². The highest BCUT2D eigenvalue weighted by Crippen LogP contribution is 2.16. The van der Waals surface area contributed by atoms with Gasteiger partial charge in [-0.2, -0.15) is 9.10 Å². The molecule has 28 heavy (non-hydrogen) atoms. The van der Waals surface area contributed by atoms with Crippen LogP contribution in [-0.4, -0.2) is 40.7 Å². The molecule has 11 heteroatoms. The average molecular weight is 423 g/mol. The zero-order valence-electron chi connectivity index (χ0n) is 15.3. The Kier molecular flexibility index (Phi) is 6.39. The summed E-state index contributed by atoms with van der Waals surface area (Å²) in [6.45, 7) is 2.35. The van der Waals surface area contributed by atoms with E-state index in [0.717, 1.165) is 17.1 Å². The minimum atomic E-state index is -3.85. The lowest BCUT2D eigenvalue weighted by atomic mass is 10.1. The quantitative estimate of drug-likeness (QED) is 0.448. The molecule has 2 heterocycles. The van der Waals surface area contributed by atoms with Gasteiger partial charge in [0.25, 0.3) is 0 Å². The highest BCUT2D eigenvalue weighted by molar-refractivity contribution is 7.89. The lowest BCUT2D eigenvalue weighted by Crippen LogP contribution is -2.44. The number of amides is 1. The van der Waals surface area contributed by atoms with Gasteiger partial charge in [0, 0.05) is 23.9 Å².